The number of amides is 1. The molecule has 0 atom stereocenters. The van der Waals surface area contributed by atoms with Crippen LogP contribution >= 0.6 is 11.6 Å². The third kappa shape index (κ3) is 2.81. The Hall–Kier alpha value is -2.25. The number of aromatic hydroxyl groups is 1. The molecule has 0 saturated carbocycles. The van der Waals surface area contributed by atoms with Gasteiger partial charge in [0.05, 0.1) is 17.0 Å². The van der Waals surface area contributed by atoms with E-state index in [1.54, 1.807) is 11.8 Å². The van der Waals surface area contributed by atoms with E-state index in [4.69, 9.17) is 16.7 Å². The molecule has 2 aromatic rings. The lowest BCUT2D eigenvalue weighted by Gasteiger charge is -2.28. The van der Waals surface area contributed by atoms with E-state index >= 15 is 0 Å². The minimum Gasteiger partial charge on any atom is -0.506 e. The number of carbonyl (C=O) groups excluding carboxylic acids is 1. The van der Waals surface area contributed by atoms with Crippen molar-refractivity contribution in [2.75, 3.05) is 26.2 Å². The second-order valence-electron chi connectivity index (χ2n) is 5.81. The smallest absolute Gasteiger partial charge is 0.328 e. The van der Waals surface area contributed by atoms with E-state index in [0.29, 0.717) is 48.3 Å². The van der Waals surface area contributed by atoms with Crippen molar-refractivity contribution in [1.29, 1.82) is 0 Å². The van der Waals surface area contributed by atoms with Crippen LogP contribution in [0.15, 0.2) is 12.1 Å². The van der Waals surface area contributed by atoms with E-state index in [1.165, 1.54) is 16.7 Å². The first-order chi connectivity index (χ1) is 11.4. The van der Waals surface area contributed by atoms with Gasteiger partial charge in [-0.2, -0.15) is 0 Å². The number of hydrogen-bond acceptors (Lipinski definition) is 4. The lowest BCUT2D eigenvalue weighted by molar-refractivity contribution is -0.136. The topological polar surface area (TPSA) is 94.8 Å². The van der Waals surface area contributed by atoms with E-state index in [1.807, 2.05) is 0 Å². The number of aromatic nitrogens is 1. The predicted octanol–water partition coefficient (Wildman–Crippen LogP) is 1.81. The summed E-state index contributed by atoms with van der Waals surface area (Å²) in [4.78, 5) is 25.9. The van der Waals surface area contributed by atoms with Crippen molar-refractivity contribution in [2.24, 2.45) is 0 Å². The fraction of sp³-hybridized carbons (Fsp3) is 0.375. The Morgan fingerprint density at radius 1 is 1.29 bits per heavy atom. The number of phenolic OH excluding ortho intramolecular Hbond substituents is 1. The number of rotatable bonds is 2. The lowest BCUT2D eigenvalue weighted by Crippen LogP contribution is -2.48. The number of fused-ring (bicyclic) bond motifs is 1. The van der Waals surface area contributed by atoms with Crippen LogP contribution in [-0.2, 0) is 11.2 Å². The van der Waals surface area contributed by atoms with Crippen LogP contribution < -0.4 is 5.32 Å². The first-order valence-electron chi connectivity index (χ1n) is 7.64. The molecule has 0 radical (unpaired) electrons. The van der Waals surface area contributed by atoms with Crippen molar-refractivity contribution < 1.29 is 19.8 Å². The van der Waals surface area contributed by atoms with Gasteiger partial charge in [-0.25, -0.2) is 4.79 Å². The van der Waals surface area contributed by atoms with Gasteiger partial charge in [-0.05, 0) is 24.6 Å². The maximum atomic E-state index is 12.9. The van der Waals surface area contributed by atoms with Crippen LogP contribution in [0.4, 0.5) is 4.79 Å². The number of nitrogens with one attached hydrogen (secondary N) is 1. The van der Waals surface area contributed by atoms with Crippen molar-refractivity contribution in [2.45, 2.75) is 13.3 Å². The van der Waals surface area contributed by atoms with E-state index in [-0.39, 0.29) is 23.2 Å². The number of nitrogens with zero attached hydrogens (tertiary/aromatic N) is 2. The number of phenols is 1. The van der Waals surface area contributed by atoms with Gasteiger partial charge < -0.3 is 20.4 Å². The third-order valence-corrected chi connectivity index (χ3v) is 4.61. The van der Waals surface area contributed by atoms with E-state index in [2.05, 4.69) is 5.32 Å². The van der Waals surface area contributed by atoms with Gasteiger partial charge in [-0.1, -0.05) is 11.6 Å². The van der Waals surface area contributed by atoms with Crippen LogP contribution in [0.25, 0.3) is 10.9 Å². The van der Waals surface area contributed by atoms with Crippen LogP contribution in [0.2, 0.25) is 5.02 Å². The van der Waals surface area contributed by atoms with Gasteiger partial charge in [0.15, 0.2) is 0 Å². The summed E-state index contributed by atoms with van der Waals surface area (Å²) in [6, 6.07) is 2.71. The summed E-state index contributed by atoms with van der Waals surface area (Å²) >= 11 is 6.00. The highest BCUT2D eigenvalue weighted by Gasteiger charge is 2.25. The van der Waals surface area contributed by atoms with Gasteiger partial charge in [-0.3, -0.25) is 9.36 Å². The summed E-state index contributed by atoms with van der Waals surface area (Å²) in [6.45, 7) is 4.31. The van der Waals surface area contributed by atoms with Crippen LogP contribution in [-0.4, -0.2) is 57.9 Å². The molecule has 128 valence electrons. The molecule has 3 rings (SSSR count). The molecule has 1 aliphatic rings. The summed E-state index contributed by atoms with van der Waals surface area (Å²) in [6.07, 6.45) is -0.231. The van der Waals surface area contributed by atoms with Gasteiger partial charge >= 0.3 is 12.0 Å². The highest BCUT2D eigenvalue weighted by atomic mass is 35.5. The number of carbonyl (C=O) groups is 2. The molecular weight excluding hydrogens is 334 g/mol. The Kier molecular flexibility index (Phi) is 4.38. The van der Waals surface area contributed by atoms with Gasteiger partial charge in [0.25, 0.3) is 0 Å². The number of hydrogen-bond donors (Lipinski definition) is 3. The SMILES string of the molecule is Cc1c(CC(=O)O)c2cc(O)c(Cl)cc2n1C(=O)N1CCNCC1. The van der Waals surface area contributed by atoms with Gasteiger partial charge in [0, 0.05) is 37.3 Å². The highest BCUT2D eigenvalue weighted by molar-refractivity contribution is 6.32. The van der Waals surface area contributed by atoms with Crippen molar-refractivity contribution in [3.05, 3.63) is 28.4 Å². The van der Waals surface area contributed by atoms with Crippen LogP contribution in [0.3, 0.4) is 0 Å². The molecule has 3 N–H and O–H groups in total. The Balaban J connectivity index is 2.18. The molecule has 1 aliphatic heterocycles. The number of benzene rings is 1. The number of carboxylic acids is 1. The van der Waals surface area contributed by atoms with Gasteiger partial charge in [-0.15, -0.1) is 0 Å². The molecule has 0 bridgehead atoms. The average Bonchev–Trinajstić information content (AvgIpc) is 2.80. The number of halogens is 1. The Bertz CT molecular complexity index is 825. The fourth-order valence-electron chi connectivity index (χ4n) is 3.11. The van der Waals surface area contributed by atoms with Crippen LogP contribution in [0.1, 0.15) is 11.3 Å². The molecule has 1 amide bonds. The van der Waals surface area contributed by atoms with Crippen molar-refractivity contribution in [3.8, 4) is 5.75 Å². The van der Waals surface area contributed by atoms with Crippen LogP contribution in [0.5, 0.6) is 5.75 Å². The summed E-state index contributed by atoms with van der Waals surface area (Å²) in [7, 11) is 0. The molecule has 1 aromatic carbocycles. The number of carboxylic acid groups (broad SMARTS) is 1. The molecule has 8 heteroatoms. The Labute approximate surface area is 143 Å². The normalized spacial score (nSPS) is 15.0. The summed E-state index contributed by atoms with van der Waals surface area (Å²) in [5, 5.41) is 22.9. The monoisotopic (exact) mass is 351 g/mol. The molecule has 1 fully saturated rings. The third-order valence-electron chi connectivity index (χ3n) is 4.31. The number of piperazine rings is 1. The largest absolute Gasteiger partial charge is 0.506 e. The lowest BCUT2D eigenvalue weighted by atomic mass is 10.1. The summed E-state index contributed by atoms with van der Waals surface area (Å²) in [5.74, 6) is -1.14. The van der Waals surface area contributed by atoms with Crippen molar-refractivity contribution in [1.82, 2.24) is 14.8 Å². The Morgan fingerprint density at radius 2 is 1.96 bits per heavy atom. The average molecular weight is 352 g/mol. The highest BCUT2D eigenvalue weighted by Crippen LogP contribution is 2.34. The number of aliphatic carboxylic acids is 1. The van der Waals surface area contributed by atoms with E-state index in [9.17, 15) is 14.7 Å². The Morgan fingerprint density at radius 3 is 2.58 bits per heavy atom. The van der Waals surface area contributed by atoms with E-state index in [0.717, 1.165) is 0 Å². The van der Waals surface area contributed by atoms with Crippen molar-refractivity contribution in [3.63, 3.8) is 0 Å². The summed E-state index contributed by atoms with van der Waals surface area (Å²) in [5.41, 5.74) is 1.57. The zero-order chi connectivity index (χ0) is 17.4. The predicted molar refractivity (Wildman–Crippen MR) is 89.9 cm³/mol. The molecule has 24 heavy (non-hydrogen) atoms. The fourth-order valence-corrected chi connectivity index (χ4v) is 3.26. The molecule has 1 aromatic heterocycles. The first kappa shape index (κ1) is 16.6. The molecule has 0 aliphatic carbocycles. The van der Waals surface area contributed by atoms with Gasteiger partial charge in [0.1, 0.15) is 5.75 Å². The minimum absolute atomic E-state index is 0.122. The molecule has 7 nitrogen and oxygen atoms in total. The summed E-state index contributed by atoms with van der Waals surface area (Å²) < 4.78 is 1.49. The molecular formula is C16H18ClN3O4. The minimum atomic E-state index is -0.999. The standard InChI is InChI=1S/C16H18ClN3O4/c1-9-10(7-15(22)23)11-6-14(21)12(17)8-13(11)20(9)16(24)19-4-2-18-3-5-19/h6,8,18,21H,2-5,7H2,1H3,(H,22,23). The zero-order valence-corrected chi connectivity index (χ0v) is 13.9. The maximum absolute atomic E-state index is 12.9. The molecule has 0 spiro atoms. The molecule has 1 saturated heterocycles. The van der Waals surface area contributed by atoms with Gasteiger partial charge in [0.2, 0.25) is 0 Å². The first-order valence-corrected chi connectivity index (χ1v) is 8.02. The molecule has 2 heterocycles. The maximum Gasteiger partial charge on any atom is 0.328 e. The quantitative estimate of drug-likeness (QED) is 0.767. The second-order valence-corrected chi connectivity index (χ2v) is 6.22. The zero-order valence-electron chi connectivity index (χ0n) is 13.2. The van der Waals surface area contributed by atoms with E-state index < -0.39 is 5.97 Å². The van der Waals surface area contributed by atoms with Crippen molar-refractivity contribution >= 4 is 34.5 Å². The molecule has 0 unspecified atom stereocenters. The van der Waals surface area contributed by atoms with Crippen LogP contribution in [0, 0.1) is 6.92 Å². The second kappa shape index (κ2) is 6.33.